The summed E-state index contributed by atoms with van der Waals surface area (Å²) >= 11 is 6.06. The highest BCUT2D eigenvalue weighted by atomic mass is 35.5. The van der Waals surface area contributed by atoms with E-state index >= 15 is 0 Å². The largest absolute Gasteiger partial charge is 0.393 e. The van der Waals surface area contributed by atoms with Crippen LogP contribution >= 0.6 is 11.6 Å². The molecule has 1 atom stereocenters. The van der Waals surface area contributed by atoms with Crippen molar-refractivity contribution < 1.29 is 5.11 Å². The molecule has 1 N–H and O–H groups in total. The lowest BCUT2D eigenvalue weighted by Gasteiger charge is -2.21. The highest BCUT2D eigenvalue weighted by Gasteiger charge is 2.07. The molecule has 0 aliphatic heterocycles. The predicted molar refractivity (Wildman–Crippen MR) is 65.7 cm³/mol. The van der Waals surface area contributed by atoms with Crippen LogP contribution in [0.1, 0.15) is 18.9 Å². The standard InChI is InChI=1S/C12H15ClN2O/c1-9(16)5-6-15(2)12-4-3-10(8-14)7-11(12)13/h3-4,7,9,16H,5-6H2,1-2H3. The summed E-state index contributed by atoms with van der Waals surface area (Å²) in [6, 6.07) is 7.25. The number of nitrogens with zero attached hydrogens (tertiary/aromatic N) is 2. The van der Waals surface area contributed by atoms with Crippen LogP contribution in [0, 0.1) is 11.3 Å². The van der Waals surface area contributed by atoms with Gasteiger partial charge in [-0.25, -0.2) is 0 Å². The minimum atomic E-state index is -0.320. The van der Waals surface area contributed by atoms with Crippen LogP contribution in [0.15, 0.2) is 18.2 Å². The Hall–Kier alpha value is -1.24. The fourth-order valence-corrected chi connectivity index (χ4v) is 1.71. The summed E-state index contributed by atoms with van der Waals surface area (Å²) < 4.78 is 0. The molecule has 3 nitrogen and oxygen atoms in total. The highest BCUT2D eigenvalue weighted by molar-refractivity contribution is 6.33. The Morgan fingerprint density at radius 3 is 2.75 bits per heavy atom. The normalized spacial score (nSPS) is 11.9. The number of aliphatic hydroxyl groups excluding tert-OH is 1. The van der Waals surface area contributed by atoms with Crippen LogP contribution < -0.4 is 4.90 Å². The van der Waals surface area contributed by atoms with Crippen LogP contribution in [0.3, 0.4) is 0 Å². The van der Waals surface area contributed by atoms with E-state index in [9.17, 15) is 5.11 Å². The zero-order valence-electron chi connectivity index (χ0n) is 9.44. The van der Waals surface area contributed by atoms with Crippen LogP contribution in [0.25, 0.3) is 0 Å². The quantitative estimate of drug-likeness (QED) is 0.877. The average Bonchev–Trinajstić information content (AvgIpc) is 2.25. The Balaban J connectivity index is 2.76. The van der Waals surface area contributed by atoms with Gasteiger partial charge in [-0.15, -0.1) is 0 Å². The van der Waals surface area contributed by atoms with Crippen LogP contribution in [-0.2, 0) is 0 Å². The lowest BCUT2D eigenvalue weighted by molar-refractivity contribution is 0.187. The van der Waals surface area contributed by atoms with Crippen molar-refractivity contribution in [2.45, 2.75) is 19.4 Å². The molecule has 0 saturated heterocycles. The molecule has 0 aromatic heterocycles. The fourth-order valence-electron chi connectivity index (χ4n) is 1.39. The average molecular weight is 239 g/mol. The topological polar surface area (TPSA) is 47.3 Å². The van der Waals surface area contributed by atoms with Crippen molar-refractivity contribution in [3.63, 3.8) is 0 Å². The minimum Gasteiger partial charge on any atom is -0.393 e. The molecule has 1 rings (SSSR count). The minimum absolute atomic E-state index is 0.320. The second-order valence-corrected chi connectivity index (χ2v) is 4.24. The highest BCUT2D eigenvalue weighted by Crippen LogP contribution is 2.25. The first kappa shape index (κ1) is 12.8. The third-order valence-electron chi connectivity index (χ3n) is 2.37. The van der Waals surface area contributed by atoms with E-state index in [4.69, 9.17) is 16.9 Å². The lowest BCUT2D eigenvalue weighted by Crippen LogP contribution is -2.22. The Labute approximate surface area is 101 Å². The second kappa shape index (κ2) is 5.74. The van der Waals surface area contributed by atoms with E-state index in [0.717, 1.165) is 12.2 Å². The molecule has 0 fully saturated rings. The molecule has 0 saturated carbocycles. The van der Waals surface area contributed by atoms with Gasteiger partial charge in [-0.05, 0) is 31.5 Å². The van der Waals surface area contributed by atoms with Crippen LogP contribution in [0.5, 0.6) is 0 Å². The summed E-state index contributed by atoms with van der Waals surface area (Å²) in [5.74, 6) is 0. The maximum absolute atomic E-state index is 9.20. The summed E-state index contributed by atoms with van der Waals surface area (Å²) in [6.45, 7) is 2.48. The molecule has 1 aromatic carbocycles. The van der Waals surface area contributed by atoms with Gasteiger partial charge in [0.25, 0.3) is 0 Å². The molecule has 0 aliphatic rings. The molecule has 0 spiro atoms. The van der Waals surface area contributed by atoms with Crippen LogP contribution in [0.4, 0.5) is 5.69 Å². The fraction of sp³-hybridized carbons (Fsp3) is 0.417. The first-order valence-electron chi connectivity index (χ1n) is 5.13. The van der Waals surface area contributed by atoms with Crippen molar-refractivity contribution in [1.29, 1.82) is 5.26 Å². The summed E-state index contributed by atoms with van der Waals surface area (Å²) in [5, 5.41) is 18.5. The van der Waals surface area contributed by atoms with E-state index in [0.29, 0.717) is 17.0 Å². The van der Waals surface area contributed by atoms with E-state index in [1.165, 1.54) is 0 Å². The molecule has 4 heteroatoms. The van der Waals surface area contributed by atoms with Crippen LogP contribution in [-0.4, -0.2) is 24.8 Å². The maximum atomic E-state index is 9.20. The molecule has 86 valence electrons. The van der Waals surface area contributed by atoms with Gasteiger partial charge < -0.3 is 10.0 Å². The Morgan fingerprint density at radius 1 is 1.56 bits per heavy atom. The Morgan fingerprint density at radius 2 is 2.25 bits per heavy atom. The maximum Gasteiger partial charge on any atom is 0.0992 e. The van der Waals surface area contributed by atoms with Crippen molar-refractivity contribution in [2.75, 3.05) is 18.5 Å². The van der Waals surface area contributed by atoms with E-state index in [1.54, 1.807) is 19.1 Å². The van der Waals surface area contributed by atoms with Crippen molar-refractivity contribution in [3.05, 3.63) is 28.8 Å². The second-order valence-electron chi connectivity index (χ2n) is 3.84. The SMILES string of the molecule is CC(O)CCN(C)c1ccc(C#N)cc1Cl. The number of aliphatic hydroxyl groups is 1. The first-order valence-corrected chi connectivity index (χ1v) is 5.51. The number of rotatable bonds is 4. The summed E-state index contributed by atoms with van der Waals surface area (Å²) in [4.78, 5) is 1.97. The zero-order valence-corrected chi connectivity index (χ0v) is 10.2. The van der Waals surface area contributed by atoms with Gasteiger partial charge in [-0.3, -0.25) is 0 Å². The van der Waals surface area contributed by atoms with Gasteiger partial charge in [-0.1, -0.05) is 11.6 Å². The molecular weight excluding hydrogens is 224 g/mol. The third-order valence-corrected chi connectivity index (χ3v) is 2.67. The molecule has 16 heavy (non-hydrogen) atoms. The number of nitriles is 1. The first-order chi connectivity index (χ1) is 7.54. The molecule has 0 radical (unpaired) electrons. The van der Waals surface area contributed by atoms with Gasteiger partial charge in [0.2, 0.25) is 0 Å². The lowest BCUT2D eigenvalue weighted by atomic mass is 10.2. The number of halogens is 1. The van der Waals surface area contributed by atoms with Gasteiger partial charge in [-0.2, -0.15) is 5.26 Å². The molecule has 1 aromatic rings. The van der Waals surface area contributed by atoms with Gasteiger partial charge in [0, 0.05) is 13.6 Å². The van der Waals surface area contributed by atoms with Crippen molar-refractivity contribution in [3.8, 4) is 6.07 Å². The summed E-state index contributed by atoms with van der Waals surface area (Å²) in [5.41, 5.74) is 1.43. The monoisotopic (exact) mass is 238 g/mol. The van der Waals surface area contributed by atoms with Crippen molar-refractivity contribution in [1.82, 2.24) is 0 Å². The molecule has 0 heterocycles. The van der Waals surface area contributed by atoms with Gasteiger partial charge in [0.05, 0.1) is 28.4 Å². The van der Waals surface area contributed by atoms with E-state index in [-0.39, 0.29) is 6.10 Å². The summed E-state index contributed by atoms with van der Waals surface area (Å²) in [7, 11) is 1.91. The van der Waals surface area contributed by atoms with Crippen molar-refractivity contribution in [2.24, 2.45) is 0 Å². The number of hydrogen-bond donors (Lipinski definition) is 1. The Kier molecular flexibility index (Phi) is 4.60. The van der Waals surface area contributed by atoms with Gasteiger partial charge in [0.1, 0.15) is 0 Å². The van der Waals surface area contributed by atoms with E-state index in [1.807, 2.05) is 24.1 Å². The van der Waals surface area contributed by atoms with Crippen LogP contribution in [0.2, 0.25) is 5.02 Å². The van der Waals surface area contributed by atoms with Gasteiger partial charge >= 0.3 is 0 Å². The molecule has 0 aliphatic carbocycles. The Bertz CT molecular complexity index is 398. The molecular formula is C12H15ClN2O. The predicted octanol–water partition coefficient (Wildman–Crippen LogP) is 2.42. The van der Waals surface area contributed by atoms with E-state index in [2.05, 4.69) is 0 Å². The zero-order chi connectivity index (χ0) is 12.1. The van der Waals surface area contributed by atoms with Gasteiger partial charge in [0.15, 0.2) is 0 Å². The molecule has 0 amide bonds. The molecule has 0 bridgehead atoms. The van der Waals surface area contributed by atoms with E-state index < -0.39 is 0 Å². The number of benzene rings is 1. The number of anilines is 1. The smallest absolute Gasteiger partial charge is 0.0992 e. The molecule has 1 unspecified atom stereocenters. The third kappa shape index (κ3) is 3.41. The summed E-state index contributed by atoms with van der Waals surface area (Å²) in [6.07, 6.45) is 0.368. The van der Waals surface area contributed by atoms with Crippen molar-refractivity contribution >= 4 is 17.3 Å². The number of hydrogen-bond acceptors (Lipinski definition) is 3.